The van der Waals surface area contributed by atoms with Gasteiger partial charge in [-0.25, -0.2) is 4.90 Å². The molecule has 1 heterocycles. The molecule has 0 atom stereocenters. The highest BCUT2D eigenvalue weighted by molar-refractivity contribution is 6.46. The summed E-state index contributed by atoms with van der Waals surface area (Å²) in [5, 5.41) is 3.18. The lowest BCUT2D eigenvalue weighted by molar-refractivity contribution is -0.120. The molecule has 4 rings (SSSR count). The number of hydrogen-bond donors (Lipinski definition) is 1. The quantitative estimate of drug-likeness (QED) is 0.598. The summed E-state index contributed by atoms with van der Waals surface area (Å²) >= 11 is 0. The Labute approximate surface area is 182 Å². The van der Waals surface area contributed by atoms with Gasteiger partial charge in [-0.1, -0.05) is 48.0 Å². The van der Waals surface area contributed by atoms with Crippen LogP contribution in [0.5, 0.6) is 5.75 Å². The van der Waals surface area contributed by atoms with Gasteiger partial charge in [0.25, 0.3) is 11.8 Å². The van der Waals surface area contributed by atoms with Crippen LogP contribution in [-0.4, -0.2) is 18.9 Å². The number of hydrogen-bond acceptors (Lipinski definition) is 4. The van der Waals surface area contributed by atoms with Crippen LogP contribution in [0.1, 0.15) is 22.3 Å². The molecule has 0 spiro atoms. The third kappa shape index (κ3) is 3.82. The largest absolute Gasteiger partial charge is 0.495 e. The van der Waals surface area contributed by atoms with Gasteiger partial charge in [0.2, 0.25) is 0 Å². The molecule has 31 heavy (non-hydrogen) atoms. The number of carbonyl (C=O) groups is 2. The molecule has 0 saturated heterocycles. The summed E-state index contributed by atoms with van der Waals surface area (Å²) in [6, 6.07) is 20.6. The van der Waals surface area contributed by atoms with Gasteiger partial charge < -0.3 is 10.1 Å². The Kier molecular flexibility index (Phi) is 5.34. The smallest absolute Gasteiger partial charge is 0.282 e. The molecule has 0 aromatic heterocycles. The summed E-state index contributed by atoms with van der Waals surface area (Å²) in [5.74, 6) is -0.156. The van der Waals surface area contributed by atoms with Crippen molar-refractivity contribution in [3.05, 3.63) is 94.7 Å². The molecular formula is C26H24N2O3. The molecule has 1 N–H and O–H groups in total. The van der Waals surface area contributed by atoms with Crippen LogP contribution in [0.15, 0.2) is 72.4 Å². The second kappa shape index (κ2) is 8.11. The molecule has 0 unspecified atom stereocenters. The zero-order valence-corrected chi connectivity index (χ0v) is 18.0. The number of ether oxygens (including phenoxy) is 1. The molecule has 3 aromatic rings. The van der Waals surface area contributed by atoms with Crippen molar-refractivity contribution >= 4 is 28.8 Å². The zero-order valence-electron chi connectivity index (χ0n) is 18.0. The van der Waals surface area contributed by atoms with Crippen LogP contribution in [0.2, 0.25) is 0 Å². The highest BCUT2D eigenvalue weighted by Gasteiger charge is 2.40. The predicted molar refractivity (Wildman–Crippen MR) is 123 cm³/mol. The average Bonchev–Trinajstić information content (AvgIpc) is 2.98. The van der Waals surface area contributed by atoms with Crippen molar-refractivity contribution in [2.24, 2.45) is 0 Å². The summed E-state index contributed by atoms with van der Waals surface area (Å²) in [7, 11) is 1.57. The fourth-order valence-electron chi connectivity index (χ4n) is 3.83. The second-order valence-corrected chi connectivity index (χ2v) is 7.73. The third-order valence-corrected chi connectivity index (χ3v) is 5.26. The standard InChI is InChI=1S/C26H24N2O3/c1-16-9-11-19(12-10-16)23-24(27-21-7-5-6-8-22(21)31-4)26(30)28(25(23)29)20-14-17(2)13-18(3)15-20/h5-15,27H,1-4H3. The van der Waals surface area contributed by atoms with E-state index in [1.54, 1.807) is 13.2 Å². The van der Waals surface area contributed by atoms with Crippen molar-refractivity contribution in [3.8, 4) is 5.75 Å². The average molecular weight is 412 g/mol. The number of anilines is 2. The highest BCUT2D eigenvalue weighted by Crippen LogP contribution is 2.36. The van der Waals surface area contributed by atoms with E-state index in [4.69, 9.17) is 4.74 Å². The molecule has 5 heteroatoms. The van der Waals surface area contributed by atoms with E-state index in [-0.39, 0.29) is 11.6 Å². The van der Waals surface area contributed by atoms with E-state index in [2.05, 4.69) is 5.32 Å². The van der Waals surface area contributed by atoms with Gasteiger partial charge in [0, 0.05) is 0 Å². The minimum Gasteiger partial charge on any atom is -0.495 e. The Morgan fingerprint density at radius 1 is 0.774 bits per heavy atom. The fourth-order valence-corrected chi connectivity index (χ4v) is 3.83. The van der Waals surface area contributed by atoms with E-state index in [0.717, 1.165) is 16.7 Å². The number of methoxy groups -OCH3 is 1. The first-order chi connectivity index (χ1) is 14.9. The number of amides is 2. The maximum absolute atomic E-state index is 13.6. The van der Waals surface area contributed by atoms with Crippen LogP contribution >= 0.6 is 0 Å². The molecule has 0 bridgehead atoms. The topological polar surface area (TPSA) is 58.6 Å². The fraction of sp³-hybridized carbons (Fsp3) is 0.154. The molecule has 1 aliphatic rings. The first kappa shape index (κ1) is 20.4. The van der Waals surface area contributed by atoms with Gasteiger partial charge in [-0.2, -0.15) is 0 Å². The minimum atomic E-state index is -0.392. The van der Waals surface area contributed by atoms with Crippen molar-refractivity contribution in [2.45, 2.75) is 20.8 Å². The molecule has 2 amide bonds. The van der Waals surface area contributed by atoms with E-state index in [0.29, 0.717) is 28.3 Å². The van der Waals surface area contributed by atoms with E-state index in [1.807, 2.05) is 81.4 Å². The van der Waals surface area contributed by atoms with Gasteiger partial charge in [-0.05, 0) is 61.7 Å². The Hall–Kier alpha value is -3.86. The number of rotatable bonds is 5. The Morgan fingerprint density at radius 2 is 1.42 bits per heavy atom. The summed E-state index contributed by atoms with van der Waals surface area (Å²) < 4.78 is 5.42. The normalized spacial score (nSPS) is 13.7. The number of carbonyl (C=O) groups excluding carboxylic acids is 2. The van der Waals surface area contributed by atoms with Crippen LogP contribution in [0.25, 0.3) is 5.57 Å². The number of aryl methyl sites for hydroxylation is 3. The number of para-hydroxylation sites is 2. The van der Waals surface area contributed by atoms with Crippen molar-refractivity contribution in [2.75, 3.05) is 17.3 Å². The number of imide groups is 1. The van der Waals surface area contributed by atoms with Crippen molar-refractivity contribution in [1.29, 1.82) is 0 Å². The SMILES string of the molecule is COc1ccccc1NC1=C(c2ccc(C)cc2)C(=O)N(c2cc(C)cc(C)c2)C1=O. The van der Waals surface area contributed by atoms with E-state index in [9.17, 15) is 9.59 Å². The number of benzene rings is 3. The lowest BCUT2D eigenvalue weighted by Crippen LogP contribution is -2.32. The maximum atomic E-state index is 13.6. The monoisotopic (exact) mass is 412 g/mol. The summed E-state index contributed by atoms with van der Waals surface area (Å²) in [6.07, 6.45) is 0. The van der Waals surface area contributed by atoms with Crippen molar-refractivity contribution < 1.29 is 14.3 Å². The second-order valence-electron chi connectivity index (χ2n) is 7.73. The van der Waals surface area contributed by atoms with Gasteiger partial charge in [0.15, 0.2) is 0 Å². The molecule has 0 fully saturated rings. The lowest BCUT2D eigenvalue weighted by atomic mass is 10.0. The van der Waals surface area contributed by atoms with Gasteiger partial charge in [-0.15, -0.1) is 0 Å². The molecule has 0 aliphatic carbocycles. The van der Waals surface area contributed by atoms with Crippen LogP contribution in [0.3, 0.4) is 0 Å². The van der Waals surface area contributed by atoms with E-state index >= 15 is 0 Å². The molecule has 0 saturated carbocycles. The van der Waals surface area contributed by atoms with E-state index in [1.165, 1.54) is 4.90 Å². The Bertz CT molecular complexity index is 1190. The predicted octanol–water partition coefficient (Wildman–Crippen LogP) is 5.02. The van der Waals surface area contributed by atoms with Crippen LogP contribution in [0.4, 0.5) is 11.4 Å². The minimum absolute atomic E-state index is 0.234. The van der Waals surface area contributed by atoms with Gasteiger partial charge in [0.1, 0.15) is 11.4 Å². The molecule has 0 radical (unpaired) electrons. The van der Waals surface area contributed by atoms with Crippen LogP contribution in [-0.2, 0) is 9.59 Å². The summed E-state index contributed by atoms with van der Waals surface area (Å²) in [4.78, 5) is 28.3. The first-order valence-electron chi connectivity index (χ1n) is 10.1. The zero-order chi connectivity index (χ0) is 22.1. The Balaban J connectivity index is 1.86. The summed E-state index contributed by atoms with van der Waals surface area (Å²) in [6.45, 7) is 5.88. The van der Waals surface area contributed by atoms with Crippen molar-refractivity contribution in [3.63, 3.8) is 0 Å². The molecular weight excluding hydrogens is 388 g/mol. The number of nitrogens with one attached hydrogen (secondary N) is 1. The molecule has 156 valence electrons. The van der Waals surface area contributed by atoms with Gasteiger partial charge >= 0.3 is 0 Å². The molecule has 5 nitrogen and oxygen atoms in total. The number of nitrogens with zero attached hydrogens (tertiary/aromatic N) is 1. The first-order valence-corrected chi connectivity index (χ1v) is 10.1. The van der Waals surface area contributed by atoms with Crippen molar-refractivity contribution in [1.82, 2.24) is 0 Å². The maximum Gasteiger partial charge on any atom is 0.282 e. The van der Waals surface area contributed by atoms with Crippen LogP contribution < -0.4 is 15.0 Å². The van der Waals surface area contributed by atoms with Crippen LogP contribution in [0, 0.1) is 20.8 Å². The van der Waals surface area contributed by atoms with E-state index < -0.39 is 5.91 Å². The molecule has 1 aliphatic heterocycles. The van der Waals surface area contributed by atoms with Gasteiger partial charge in [0.05, 0.1) is 24.1 Å². The summed E-state index contributed by atoms with van der Waals surface area (Å²) in [5.41, 5.74) is 5.49. The highest BCUT2D eigenvalue weighted by atomic mass is 16.5. The third-order valence-electron chi connectivity index (χ3n) is 5.26. The Morgan fingerprint density at radius 3 is 2.06 bits per heavy atom. The lowest BCUT2D eigenvalue weighted by Gasteiger charge is -2.17. The molecule has 3 aromatic carbocycles. The van der Waals surface area contributed by atoms with Gasteiger partial charge in [-0.3, -0.25) is 9.59 Å².